The Kier molecular flexibility index (Phi) is 3.22. The molecule has 2 heterocycles. The fourth-order valence-electron chi connectivity index (χ4n) is 2.16. The molecule has 3 rings (SSSR count). The van der Waals surface area contributed by atoms with Crippen LogP contribution in [0.4, 0.5) is 0 Å². The summed E-state index contributed by atoms with van der Waals surface area (Å²) in [7, 11) is 0. The number of rotatable bonds is 4. The first-order chi connectivity index (χ1) is 9.61. The zero-order valence-electron chi connectivity index (χ0n) is 11.9. The summed E-state index contributed by atoms with van der Waals surface area (Å²) in [6.07, 6.45) is 1.62. The molecule has 0 saturated carbocycles. The number of hydrogen-bond acceptors (Lipinski definition) is 3. The third-order valence-electron chi connectivity index (χ3n) is 3.29. The zero-order chi connectivity index (χ0) is 14.1. The number of hydrogen-bond donors (Lipinski definition) is 1. The number of aryl methyl sites for hydroxylation is 1. The van der Waals surface area contributed by atoms with Gasteiger partial charge in [-0.1, -0.05) is 13.8 Å². The minimum absolute atomic E-state index is 0.417. The third-order valence-corrected chi connectivity index (χ3v) is 3.29. The van der Waals surface area contributed by atoms with E-state index in [0.717, 1.165) is 17.0 Å². The van der Waals surface area contributed by atoms with Gasteiger partial charge in [-0.05, 0) is 29.5 Å². The Morgan fingerprint density at radius 3 is 2.85 bits per heavy atom. The van der Waals surface area contributed by atoms with Gasteiger partial charge in [0.15, 0.2) is 5.89 Å². The highest BCUT2D eigenvalue weighted by molar-refractivity contribution is 5.82. The van der Waals surface area contributed by atoms with Crippen LogP contribution in [0.25, 0.3) is 10.9 Å². The number of fused-ring (bicyclic) bond motifs is 1. The fourth-order valence-corrected chi connectivity index (χ4v) is 2.16. The molecule has 0 radical (unpaired) electrons. The van der Waals surface area contributed by atoms with Crippen LogP contribution in [0.2, 0.25) is 0 Å². The summed E-state index contributed by atoms with van der Waals surface area (Å²) in [6, 6.07) is 8.26. The van der Waals surface area contributed by atoms with E-state index in [1.54, 1.807) is 6.26 Å². The lowest BCUT2D eigenvalue weighted by Gasteiger charge is -2.03. The van der Waals surface area contributed by atoms with Crippen molar-refractivity contribution in [1.29, 1.82) is 0 Å². The summed E-state index contributed by atoms with van der Waals surface area (Å²) in [5.74, 6) is 1.98. The number of benzene rings is 1. The van der Waals surface area contributed by atoms with Gasteiger partial charge in [-0.15, -0.1) is 0 Å². The predicted molar refractivity (Wildman–Crippen MR) is 78.0 cm³/mol. The molecule has 0 spiro atoms. The van der Waals surface area contributed by atoms with Crippen LogP contribution in [0, 0.1) is 6.92 Å². The van der Waals surface area contributed by atoms with Gasteiger partial charge in [0.25, 0.3) is 0 Å². The summed E-state index contributed by atoms with van der Waals surface area (Å²) in [6.45, 7) is 6.59. The van der Waals surface area contributed by atoms with Gasteiger partial charge < -0.3 is 14.1 Å². The molecule has 2 aromatic heterocycles. The molecule has 0 aliphatic heterocycles. The second kappa shape index (κ2) is 5.04. The zero-order valence-corrected chi connectivity index (χ0v) is 11.9. The van der Waals surface area contributed by atoms with Crippen molar-refractivity contribution in [1.82, 2.24) is 9.97 Å². The first-order valence-electron chi connectivity index (χ1n) is 6.78. The van der Waals surface area contributed by atoms with E-state index < -0.39 is 0 Å². The first-order valence-corrected chi connectivity index (χ1v) is 6.78. The van der Waals surface area contributed by atoms with Crippen LogP contribution in [0.3, 0.4) is 0 Å². The van der Waals surface area contributed by atoms with Crippen molar-refractivity contribution in [3.63, 3.8) is 0 Å². The van der Waals surface area contributed by atoms with Gasteiger partial charge in [0.2, 0.25) is 0 Å². The summed E-state index contributed by atoms with van der Waals surface area (Å²) in [5.41, 5.74) is 3.14. The van der Waals surface area contributed by atoms with Crippen molar-refractivity contribution in [3.05, 3.63) is 47.8 Å². The Morgan fingerprint density at radius 2 is 2.15 bits per heavy atom. The van der Waals surface area contributed by atoms with Crippen LogP contribution in [-0.2, 0) is 6.61 Å². The molecule has 0 aliphatic carbocycles. The molecule has 0 amide bonds. The maximum atomic E-state index is 5.74. The Hall–Kier alpha value is -2.23. The van der Waals surface area contributed by atoms with Gasteiger partial charge in [0, 0.05) is 24.2 Å². The van der Waals surface area contributed by atoms with Gasteiger partial charge >= 0.3 is 0 Å². The van der Waals surface area contributed by atoms with Crippen LogP contribution in [-0.4, -0.2) is 9.97 Å². The van der Waals surface area contributed by atoms with E-state index in [0.29, 0.717) is 18.4 Å². The van der Waals surface area contributed by atoms with Gasteiger partial charge in [-0.3, -0.25) is 0 Å². The first kappa shape index (κ1) is 12.8. The fraction of sp³-hybridized carbons (Fsp3) is 0.312. The summed E-state index contributed by atoms with van der Waals surface area (Å²) in [5, 5.41) is 1.21. The normalized spacial score (nSPS) is 11.4. The van der Waals surface area contributed by atoms with Crippen molar-refractivity contribution < 1.29 is 9.15 Å². The van der Waals surface area contributed by atoms with Crippen molar-refractivity contribution in [3.8, 4) is 5.75 Å². The van der Waals surface area contributed by atoms with E-state index >= 15 is 0 Å². The topological polar surface area (TPSA) is 51.0 Å². The van der Waals surface area contributed by atoms with E-state index in [9.17, 15) is 0 Å². The number of nitrogens with one attached hydrogen (secondary N) is 1. The Bertz CT molecular complexity index is 725. The van der Waals surface area contributed by atoms with Crippen LogP contribution in [0.15, 0.2) is 34.9 Å². The maximum absolute atomic E-state index is 5.74. The van der Waals surface area contributed by atoms with E-state index in [1.165, 1.54) is 11.1 Å². The quantitative estimate of drug-likeness (QED) is 0.774. The number of ether oxygens (including phenoxy) is 1. The second-order valence-electron chi connectivity index (χ2n) is 5.27. The average molecular weight is 270 g/mol. The number of aromatic amines is 1. The largest absolute Gasteiger partial charge is 0.487 e. The molecule has 0 atom stereocenters. The van der Waals surface area contributed by atoms with Crippen molar-refractivity contribution in [2.45, 2.75) is 33.3 Å². The van der Waals surface area contributed by atoms with Crippen molar-refractivity contribution in [2.24, 2.45) is 0 Å². The Balaban J connectivity index is 1.78. The standard InChI is InChI=1S/C16H18N2O2/c1-10(2)15-6-12-4-5-14(7-16(12)18-15)20-9-13-8-19-11(3)17-13/h4-8,10,18H,9H2,1-3H3. The van der Waals surface area contributed by atoms with Gasteiger partial charge in [-0.2, -0.15) is 0 Å². The predicted octanol–water partition coefficient (Wildman–Crippen LogP) is 4.17. The van der Waals surface area contributed by atoms with Crippen molar-refractivity contribution in [2.75, 3.05) is 0 Å². The summed E-state index contributed by atoms with van der Waals surface area (Å²) in [4.78, 5) is 7.64. The van der Waals surface area contributed by atoms with Crippen LogP contribution < -0.4 is 4.74 Å². The summed E-state index contributed by atoms with van der Waals surface area (Å²) >= 11 is 0. The lowest BCUT2D eigenvalue weighted by Crippen LogP contribution is -1.95. The molecule has 1 N–H and O–H groups in total. The molecule has 4 nitrogen and oxygen atoms in total. The van der Waals surface area contributed by atoms with Crippen LogP contribution in [0.1, 0.15) is 37.0 Å². The molecule has 0 unspecified atom stereocenters. The highest BCUT2D eigenvalue weighted by Crippen LogP contribution is 2.25. The monoisotopic (exact) mass is 270 g/mol. The lowest BCUT2D eigenvalue weighted by atomic mass is 10.1. The van der Waals surface area contributed by atoms with Gasteiger partial charge in [0.05, 0.1) is 0 Å². The van der Waals surface area contributed by atoms with Gasteiger partial charge in [-0.25, -0.2) is 4.98 Å². The average Bonchev–Trinajstić information content (AvgIpc) is 3.01. The van der Waals surface area contributed by atoms with E-state index in [1.807, 2.05) is 19.1 Å². The van der Waals surface area contributed by atoms with E-state index in [2.05, 4.69) is 35.9 Å². The number of aromatic nitrogens is 2. The molecule has 104 valence electrons. The Morgan fingerprint density at radius 1 is 1.30 bits per heavy atom. The third kappa shape index (κ3) is 2.54. The lowest BCUT2D eigenvalue weighted by molar-refractivity contribution is 0.301. The van der Waals surface area contributed by atoms with Gasteiger partial charge in [0.1, 0.15) is 24.3 Å². The molecule has 0 fully saturated rings. The molecule has 4 heteroatoms. The summed E-state index contributed by atoms with van der Waals surface area (Å²) < 4.78 is 10.9. The Labute approximate surface area is 117 Å². The van der Waals surface area contributed by atoms with Crippen LogP contribution in [0.5, 0.6) is 5.75 Å². The van der Waals surface area contributed by atoms with Crippen molar-refractivity contribution >= 4 is 10.9 Å². The SMILES string of the molecule is Cc1nc(COc2ccc3cc(C(C)C)[nH]c3c2)co1. The van der Waals surface area contributed by atoms with E-state index in [4.69, 9.17) is 9.15 Å². The number of H-pyrrole nitrogens is 1. The highest BCUT2D eigenvalue weighted by atomic mass is 16.5. The second-order valence-corrected chi connectivity index (χ2v) is 5.27. The molecule has 0 bridgehead atoms. The molecule has 0 saturated heterocycles. The highest BCUT2D eigenvalue weighted by Gasteiger charge is 2.06. The molecule has 3 aromatic rings. The molecule has 0 aliphatic rings. The minimum Gasteiger partial charge on any atom is -0.487 e. The molecule has 20 heavy (non-hydrogen) atoms. The molecular weight excluding hydrogens is 252 g/mol. The number of oxazole rings is 1. The maximum Gasteiger partial charge on any atom is 0.191 e. The van der Waals surface area contributed by atoms with Crippen LogP contribution >= 0.6 is 0 Å². The smallest absolute Gasteiger partial charge is 0.191 e. The number of nitrogens with zero attached hydrogens (tertiary/aromatic N) is 1. The molecule has 1 aromatic carbocycles. The minimum atomic E-state index is 0.417. The van der Waals surface area contributed by atoms with E-state index in [-0.39, 0.29) is 0 Å². The molecular formula is C16H18N2O2.